The van der Waals surface area contributed by atoms with E-state index in [4.69, 9.17) is 11.6 Å². The first-order valence-corrected chi connectivity index (χ1v) is 6.57. The van der Waals surface area contributed by atoms with Gasteiger partial charge in [-0.15, -0.1) is 0 Å². The molecule has 0 aliphatic rings. The van der Waals surface area contributed by atoms with Crippen LogP contribution in [0.25, 0.3) is 10.9 Å². The fourth-order valence-electron chi connectivity index (χ4n) is 2.02. The van der Waals surface area contributed by atoms with E-state index < -0.39 is 5.82 Å². The molecule has 3 aromatic rings. The Kier molecular flexibility index (Phi) is 3.43. The summed E-state index contributed by atoms with van der Waals surface area (Å²) in [6.07, 6.45) is 0. The Hall–Kier alpha value is -2.64. The van der Waals surface area contributed by atoms with Crippen LogP contribution in [0.3, 0.4) is 0 Å². The first-order chi connectivity index (χ1) is 10.2. The van der Waals surface area contributed by atoms with E-state index in [0.717, 1.165) is 10.9 Å². The van der Waals surface area contributed by atoms with Gasteiger partial charge in [0.15, 0.2) is 0 Å². The van der Waals surface area contributed by atoms with Gasteiger partial charge in [-0.2, -0.15) is 5.26 Å². The van der Waals surface area contributed by atoms with E-state index in [1.165, 1.54) is 18.2 Å². The van der Waals surface area contributed by atoms with Crippen molar-refractivity contribution in [3.05, 3.63) is 64.9 Å². The molecular weight excluding hydrogens is 289 g/mol. The quantitative estimate of drug-likeness (QED) is 0.749. The summed E-state index contributed by atoms with van der Waals surface area (Å²) < 4.78 is 13.3. The van der Waals surface area contributed by atoms with Crippen LogP contribution in [0, 0.1) is 17.1 Å². The lowest BCUT2D eigenvalue weighted by Crippen LogP contribution is -1.98. The van der Waals surface area contributed by atoms with Gasteiger partial charge in [-0.3, -0.25) is 0 Å². The third-order valence-corrected chi connectivity index (χ3v) is 3.36. The van der Waals surface area contributed by atoms with Gasteiger partial charge in [0.1, 0.15) is 17.7 Å². The maximum atomic E-state index is 13.3. The number of nitrogens with one attached hydrogen (secondary N) is 1. The largest absolute Gasteiger partial charge is 0.338 e. The van der Waals surface area contributed by atoms with Crippen molar-refractivity contribution in [2.75, 3.05) is 5.32 Å². The zero-order valence-corrected chi connectivity index (χ0v) is 11.5. The van der Waals surface area contributed by atoms with Crippen molar-refractivity contribution in [2.24, 2.45) is 0 Å². The molecule has 3 rings (SSSR count). The molecule has 0 bridgehead atoms. The normalized spacial score (nSPS) is 10.3. The molecule has 5 heteroatoms. The van der Waals surface area contributed by atoms with E-state index in [1.807, 2.05) is 24.3 Å². The third kappa shape index (κ3) is 2.64. The number of para-hydroxylation sites is 1. The van der Waals surface area contributed by atoms with Gasteiger partial charge in [-0.25, -0.2) is 9.37 Å². The number of aromatic nitrogens is 1. The monoisotopic (exact) mass is 297 g/mol. The minimum Gasteiger partial charge on any atom is -0.338 e. The Balaban J connectivity index is 2.11. The molecule has 0 amide bonds. The van der Waals surface area contributed by atoms with E-state index in [2.05, 4.69) is 16.4 Å². The van der Waals surface area contributed by atoms with Gasteiger partial charge >= 0.3 is 0 Å². The van der Waals surface area contributed by atoms with Gasteiger partial charge in [0, 0.05) is 5.39 Å². The number of anilines is 2. The highest BCUT2D eigenvalue weighted by Gasteiger charge is 2.09. The fraction of sp³-hybridized carbons (Fsp3) is 0. The summed E-state index contributed by atoms with van der Waals surface area (Å²) in [5.41, 5.74) is 1.48. The molecule has 21 heavy (non-hydrogen) atoms. The molecule has 0 unspecified atom stereocenters. The van der Waals surface area contributed by atoms with Gasteiger partial charge in [-0.1, -0.05) is 29.8 Å². The zero-order valence-electron chi connectivity index (χ0n) is 10.8. The van der Waals surface area contributed by atoms with Crippen LogP contribution in [0.15, 0.2) is 48.5 Å². The molecule has 0 saturated heterocycles. The van der Waals surface area contributed by atoms with Crippen molar-refractivity contribution >= 4 is 34.0 Å². The smallest absolute Gasteiger partial charge is 0.149 e. The Labute approximate surface area is 125 Å². The molecular formula is C16H9ClFN3. The minimum absolute atomic E-state index is 0.351. The van der Waals surface area contributed by atoms with Gasteiger partial charge in [0.05, 0.1) is 21.8 Å². The molecule has 0 spiro atoms. The number of halogens is 2. The van der Waals surface area contributed by atoms with Crippen LogP contribution in [0.1, 0.15) is 5.56 Å². The highest BCUT2D eigenvalue weighted by Crippen LogP contribution is 2.28. The van der Waals surface area contributed by atoms with Crippen LogP contribution >= 0.6 is 11.6 Å². The second kappa shape index (κ2) is 5.39. The van der Waals surface area contributed by atoms with Crippen LogP contribution in [0.5, 0.6) is 0 Å². The number of pyridine rings is 1. The lowest BCUT2D eigenvalue weighted by atomic mass is 10.1. The maximum absolute atomic E-state index is 13.3. The van der Waals surface area contributed by atoms with Crippen molar-refractivity contribution in [1.82, 2.24) is 4.98 Å². The molecule has 0 saturated carbocycles. The second-order valence-corrected chi connectivity index (χ2v) is 4.85. The van der Waals surface area contributed by atoms with Crippen molar-refractivity contribution in [1.29, 1.82) is 5.26 Å². The summed E-state index contributed by atoms with van der Waals surface area (Å²) in [5.74, 6) is -0.0649. The Bertz CT molecular complexity index is 871. The Morgan fingerprint density at radius 1 is 1.14 bits per heavy atom. The SMILES string of the molecule is N#Cc1cc2ccccc2nc1Nc1cc(F)ccc1Cl. The molecule has 0 aliphatic heterocycles. The molecule has 0 fully saturated rings. The molecule has 102 valence electrons. The van der Waals surface area contributed by atoms with Crippen molar-refractivity contribution in [3.63, 3.8) is 0 Å². The van der Waals surface area contributed by atoms with Gasteiger partial charge in [-0.05, 0) is 30.3 Å². The summed E-state index contributed by atoms with van der Waals surface area (Å²) in [7, 11) is 0. The lowest BCUT2D eigenvalue weighted by Gasteiger charge is -2.10. The highest BCUT2D eigenvalue weighted by molar-refractivity contribution is 6.33. The van der Waals surface area contributed by atoms with Crippen LogP contribution in [-0.4, -0.2) is 4.98 Å². The maximum Gasteiger partial charge on any atom is 0.149 e. The average molecular weight is 298 g/mol. The first kappa shape index (κ1) is 13.3. The summed E-state index contributed by atoms with van der Waals surface area (Å²) in [6, 6.07) is 15.3. The first-order valence-electron chi connectivity index (χ1n) is 6.19. The van der Waals surface area contributed by atoms with Crippen LogP contribution in [0.2, 0.25) is 5.02 Å². The van der Waals surface area contributed by atoms with E-state index in [9.17, 15) is 9.65 Å². The highest BCUT2D eigenvalue weighted by atomic mass is 35.5. The molecule has 0 aliphatic carbocycles. The molecule has 1 aromatic heterocycles. The topological polar surface area (TPSA) is 48.7 Å². The molecule has 1 heterocycles. The average Bonchev–Trinajstić information content (AvgIpc) is 2.50. The number of benzene rings is 2. The molecule has 3 nitrogen and oxygen atoms in total. The van der Waals surface area contributed by atoms with E-state index in [0.29, 0.717) is 22.1 Å². The summed E-state index contributed by atoms with van der Waals surface area (Å²) in [4.78, 5) is 4.40. The van der Waals surface area contributed by atoms with Crippen molar-refractivity contribution in [2.45, 2.75) is 0 Å². The van der Waals surface area contributed by atoms with E-state index in [-0.39, 0.29) is 0 Å². The van der Waals surface area contributed by atoms with Crippen LogP contribution in [-0.2, 0) is 0 Å². The predicted molar refractivity (Wildman–Crippen MR) is 81.2 cm³/mol. The number of nitrogens with zero attached hydrogens (tertiary/aromatic N) is 2. The van der Waals surface area contributed by atoms with Crippen LogP contribution < -0.4 is 5.32 Å². The summed E-state index contributed by atoms with van der Waals surface area (Å²) in [6.45, 7) is 0. The van der Waals surface area contributed by atoms with E-state index >= 15 is 0 Å². The third-order valence-electron chi connectivity index (χ3n) is 3.03. The van der Waals surface area contributed by atoms with Gasteiger partial charge in [0.2, 0.25) is 0 Å². The number of hydrogen-bond acceptors (Lipinski definition) is 3. The number of nitriles is 1. The Morgan fingerprint density at radius 2 is 1.95 bits per heavy atom. The zero-order chi connectivity index (χ0) is 14.8. The molecule has 1 N–H and O–H groups in total. The molecule has 2 aromatic carbocycles. The van der Waals surface area contributed by atoms with Gasteiger partial charge in [0.25, 0.3) is 0 Å². The summed E-state index contributed by atoms with van der Waals surface area (Å²) >= 11 is 6.02. The Morgan fingerprint density at radius 3 is 2.76 bits per heavy atom. The fourth-order valence-corrected chi connectivity index (χ4v) is 2.18. The number of hydrogen-bond donors (Lipinski definition) is 1. The predicted octanol–water partition coefficient (Wildman–Crippen LogP) is 4.64. The lowest BCUT2D eigenvalue weighted by molar-refractivity contribution is 0.628. The molecule has 0 radical (unpaired) electrons. The second-order valence-electron chi connectivity index (χ2n) is 4.44. The van der Waals surface area contributed by atoms with E-state index in [1.54, 1.807) is 6.07 Å². The number of rotatable bonds is 2. The standard InChI is InChI=1S/C16H9ClFN3/c17-13-6-5-12(18)8-15(13)21-16-11(9-19)7-10-3-1-2-4-14(10)20-16/h1-8H,(H,20,21). The van der Waals surface area contributed by atoms with Crippen LogP contribution in [0.4, 0.5) is 15.9 Å². The minimum atomic E-state index is -0.416. The van der Waals surface area contributed by atoms with Gasteiger partial charge < -0.3 is 5.32 Å². The molecule has 0 atom stereocenters. The van der Waals surface area contributed by atoms with Crippen molar-refractivity contribution in [3.8, 4) is 6.07 Å². The van der Waals surface area contributed by atoms with Crippen molar-refractivity contribution < 1.29 is 4.39 Å². The summed E-state index contributed by atoms with van der Waals surface area (Å²) in [5, 5.41) is 13.4. The number of fused-ring (bicyclic) bond motifs is 1.